The molecule has 0 aliphatic carbocycles. The molecule has 2 aliphatic rings. The highest BCUT2D eigenvalue weighted by Gasteiger charge is 2.35. The van der Waals surface area contributed by atoms with Crippen molar-refractivity contribution in [1.29, 1.82) is 0 Å². The largest absolute Gasteiger partial charge is 0.366 e. The van der Waals surface area contributed by atoms with Crippen LogP contribution in [-0.4, -0.2) is 43.2 Å². The Balaban J connectivity index is 0.00000176. The molecule has 0 aromatic heterocycles. The van der Waals surface area contributed by atoms with E-state index in [0.29, 0.717) is 13.2 Å². The van der Waals surface area contributed by atoms with Crippen molar-refractivity contribution in [2.24, 2.45) is 0 Å². The molecule has 2 aliphatic heterocycles. The number of morpholine rings is 1. The van der Waals surface area contributed by atoms with Crippen LogP contribution in [0.2, 0.25) is 0 Å². The second-order valence-corrected chi connectivity index (χ2v) is 6.04. The number of ether oxygens (including phenoxy) is 1. The van der Waals surface area contributed by atoms with Crippen molar-refractivity contribution in [1.82, 2.24) is 10.2 Å². The third kappa shape index (κ3) is 3.29. The van der Waals surface area contributed by atoms with E-state index in [-0.39, 0.29) is 30.5 Å². The monoisotopic (exact) mass is 324 g/mol. The predicted octanol–water partition coefficient (Wildman–Crippen LogP) is 2.38. The van der Waals surface area contributed by atoms with Crippen molar-refractivity contribution >= 4 is 18.3 Å². The average molecular weight is 325 g/mol. The molecule has 0 radical (unpaired) electrons. The Morgan fingerprint density at radius 1 is 1.36 bits per heavy atom. The van der Waals surface area contributed by atoms with Crippen molar-refractivity contribution in [2.45, 2.75) is 38.8 Å². The summed E-state index contributed by atoms with van der Waals surface area (Å²) >= 11 is 0. The maximum absolute atomic E-state index is 12.7. The lowest BCUT2D eigenvalue weighted by molar-refractivity contribution is -0.146. The smallest absolute Gasteiger partial charge is 0.253 e. The predicted molar refractivity (Wildman–Crippen MR) is 89.5 cm³/mol. The van der Waals surface area contributed by atoms with Gasteiger partial charge in [0, 0.05) is 19.6 Å². The van der Waals surface area contributed by atoms with Crippen LogP contribution in [0, 0.1) is 13.8 Å². The lowest BCUT2D eigenvalue weighted by Crippen LogP contribution is -2.49. The standard InChI is InChI=1S/C17H24N2O2.ClH/c1-12-5-3-6-14(13(12)2)15-7-4-9-19(15)17(20)16-11-18-8-10-21-16;/h3,5-6,15-16,18H,4,7-11H2,1-2H3;1H. The molecule has 1 N–H and O–H groups in total. The summed E-state index contributed by atoms with van der Waals surface area (Å²) < 4.78 is 5.64. The first kappa shape index (κ1) is 17.3. The Morgan fingerprint density at radius 3 is 2.91 bits per heavy atom. The van der Waals surface area contributed by atoms with Gasteiger partial charge in [-0.3, -0.25) is 4.79 Å². The number of likely N-dealkylation sites (tertiary alicyclic amines) is 1. The second-order valence-electron chi connectivity index (χ2n) is 6.04. The summed E-state index contributed by atoms with van der Waals surface area (Å²) in [5.74, 6) is 0.144. The number of benzene rings is 1. The van der Waals surface area contributed by atoms with Crippen molar-refractivity contribution in [3.8, 4) is 0 Å². The van der Waals surface area contributed by atoms with Gasteiger partial charge in [0.15, 0.2) is 0 Å². The molecule has 2 heterocycles. The van der Waals surface area contributed by atoms with Gasteiger partial charge >= 0.3 is 0 Å². The molecular formula is C17H25ClN2O2. The quantitative estimate of drug-likeness (QED) is 0.908. The number of rotatable bonds is 2. The number of carbonyl (C=O) groups excluding carboxylic acids is 1. The number of halogens is 1. The normalized spacial score (nSPS) is 24.9. The van der Waals surface area contributed by atoms with Crippen molar-refractivity contribution < 1.29 is 9.53 Å². The van der Waals surface area contributed by atoms with Crippen molar-refractivity contribution in [3.05, 3.63) is 34.9 Å². The van der Waals surface area contributed by atoms with Crippen LogP contribution in [0.4, 0.5) is 0 Å². The van der Waals surface area contributed by atoms with Crippen molar-refractivity contribution in [2.75, 3.05) is 26.2 Å². The van der Waals surface area contributed by atoms with E-state index in [1.807, 2.05) is 4.90 Å². The first-order valence-electron chi connectivity index (χ1n) is 7.87. The Bertz CT molecular complexity index is 529. The molecule has 0 bridgehead atoms. The van der Waals surface area contributed by atoms with Gasteiger partial charge in [0.05, 0.1) is 12.6 Å². The molecular weight excluding hydrogens is 300 g/mol. The van der Waals surface area contributed by atoms with E-state index < -0.39 is 0 Å². The Morgan fingerprint density at radius 2 is 2.18 bits per heavy atom. The van der Waals surface area contributed by atoms with E-state index in [9.17, 15) is 4.79 Å². The molecule has 3 rings (SSSR count). The summed E-state index contributed by atoms with van der Waals surface area (Å²) in [6.07, 6.45) is 1.81. The number of carbonyl (C=O) groups is 1. The molecule has 1 aromatic rings. The van der Waals surface area contributed by atoms with Crippen molar-refractivity contribution in [3.63, 3.8) is 0 Å². The average Bonchev–Trinajstić information content (AvgIpc) is 2.99. The van der Waals surface area contributed by atoms with E-state index in [2.05, 4.69) is 37.4 Å². The molecule has 122 valence electrons. The molecule has 22 heavy (non-hydrogen) atoms. The van der Waals surface area contributed by atoms with Gasteiger partial charge in [-0.25, -0.2) is 0 Å². The van der Waals surface area contributed by atoms with Crippen LogP contribution >= 0.6 is 12.4 Å². The molecule has 0 saturated carbocycles. The number of amides is 1. The summed E-state index contributed by atoms with van der Waals surface area (Å²) in [5, 5.41) is 3.24. The highest BCUT2D eigenvalue weighted by Crippen LogP contribution is 2.35. The maximum Gasteiger partial charge on any atom is 0.253 e. The van der Waals surface area contributed by atoms with E-state index in [4.69, 9.17) is 4.74 Å². The molecule has 2 unspecified atom stereocenters. The van der Waals surface area contributed by atoms with Crippen LogP contribution in [0.15, 0.2) is 18.2 Å². The number of hydrogen-bond donors (Lipinski definition) is 1. The highest BCUT2D eigenvalue weighted by molar-refractivity contribution is 5.85. The highest BCUT2D eigenvalue weighted by atomic mass is 35.5. The molecule has 1 amide bonds. The molecule has 4 nitrogen and oxygen atoms in total. The third-order valence-electron chi connectivity index (χ3n) is 4.74. The van der Waals surface area contributed by atoms with E-state index in [1.54, 1.807) is 0 Å². The van der Waals surface area contributed by atoms with Crippen LogP contribution in [0.3, 0.4) is 0 Å². The van der Waals surface area contributed by atoms with Gasteiger partial charge in [0.1, 0.15) is 6.10 Å². The minimum absolute atomic E-state index is 0. The summed E-state index contributed by atoms with van der Waals surface area (Å²) in [7, 11) is 0. The van der Waals surface area contributed by atoms with E-state index in [0.717, 1.165) is 25.9 Å². The first-order valence-corrected chi connectivity index (χ1v) is 7.87. The lowest BCUT2D eigenvalue weighted by Gasteiger charge is -2.32. The summed E-state index contributed by atoms with van der Waals surface area (Å²) in [5.41, 5.74) is 3.90. The Kier molecular flexibility index (Phi) is 5.84. The Hall–Kier alpha value is -1.10. The molecule has 0 spiro atoms. The zero-order chi connectivity index (χ0) is 14.8. The van der Waals surface area contributed by atoms with Crippen LogP contribution in [0.1, 0.15) is 35.6 Å². The zero-order valence-electron chi connectivity index (χ0n) is 13.3. The number of nitrogens with zero attached hydrogens (tertiary/aromatic N) is 1. The molecule has 2 atom stereocenters. The van der Waals surface area contributed by atoms with Gasteiger partial charge in [0.25, 0.3) is 5.91 Å². The summed E-state index contributed by atoms with van der Waals surface area (Å²) in [6.45, 7) is 7.23. The third-order valence-corrected chi connectivity index (χ3v) is 4.74. The summed E-state index contributed by atoms with van der Waals surface area (Å²) in [4.78, 5) is 14.8. The molecule has 1 aromatic carbocycles. The topological polar surface area (TPSA) is 41.6 Å². The molecule has 2 saturated heterocycles. The van der Waals surface area contributed by atoms with Gasteiger partial charge in [0.2, 0.25) is 0 Å². The minimum Gasteiger partial charge on any atom is -0.366 e. The first-order chi connectivity index (χ1) is 10.2. The summed E-state index contributed by atoms with van der Waals surface area (Å²) in [6, 6.07) is 6.60. The van der Waals surface area contributed by atoms with Gasteiger partial charge in [-0.2, -0.15) is 0 Å². The fourth-order valence-corrected chi connectivity index (χ4v) is 3.40. The van der Waals surface area contributed by atoms with Crippen LogP contribution in [0.25, 0.3) is 0 Å². The number of nitrogens with one attached hydrogen (secondary N) is 1. The number of hydrogen-bond acceptors (Lipinski definition) is 3. The van der Waals surface area contributed by atoms with Gasteiger partial charge in [-0.05, 0) is 43.4 Å². The fourth-order valence-electron chi connectivity index (χ4n) is 3.40. The van der Waals surface area contributed by atoms with E-state index in [1.165, 1.54) is 16.7 Å². The fraction of sp³-hybridized carbons (Fsp3) is 0.588. The van der Waals surface area contributed by atoms with Crippen LogP contribution < -0.4 is 5.32 Å². The maximum atomic E-state index is 12.7. The van der Waals surface area contributed by atoms with Crippen LogP contribution in [0.5, 0.6) is 0 Å². The minimum atomic E-state index is -0.315. The number of aryl methyl sites for hydroxylation is 1. The van der Waals surface area contributed by atoms with Gasteiger partial charge in [-0.1, -0.05) is 18.2 Å². The van der Waals surface area contributed by atoms with Gasteiger partial charge < -0.3 is 15.0 Å². The SMILES string of the molecule is Cc1cccc(C2CCCN2C(=O)C2CNCCO2)c1C.Cl. The lowest BCUT2D eigenvalue weighted by atomic mass is 9.96. The Labute approximate surface area is 138 Å². The zero-order valence-corrected chi connectivity index (χ0v) is 14.1. The molecule has 2 fully saturated rings. The molecule has 5 heteroatoms. The van der Waals surface area contributed by atoms with E-state index >= 15 is 0 Å². The second kappa shape index (κ2) is 7.44. The van der Waals surface area contributed by atoms with Gasteiger partial charge in [-0.15, -0.1) is 12.4 Å². The van der Waals surface area contributed by atoms with Crippen LogP contribution in [-0.2, 0) is 9.53 Å².